The molecule has 0 aliphatic carbocycles. The minimum absolute atomic E-state index is 0.111. The quantitative estimate of drug-likeness (QED) is 0.101. The summed E-state index contributed by atoms with van der Waals surface area (Å²) in [7, 11) is -4.16. The van der Waals surface area contributed by atoms with Crippen molar-refractivity contribution in [1.29, 1.82) is 0 Å². The third-order valence-corrected chi connectivity index (χ3v) is 9.61. The van der Waals surface area contributed by atoms with Crippen LogP contribution in [0.3, 0.4) is 0 Å². The zero-order valence-electron chi connectivity index (χ0n) is 27.3. The lowest BCUT2D eigenvalue weighted by Gasteiger charge is -2.15. The van der Waals surface area contributed by atoms with Gasteiger partial charge in [-0.1, -0.05) is 59.6 Å². The van der Waals surface area contributed by atoms with Gasteiger partial charge in [-0.3, -0.25) is 0 Å². The minimum Gasteiger partial charge on any atom is -0.481 e. The van der Waals surface area contributed by atoms with E-state index < -0.39 is 20.0 Å². The number of pyridine rings is 2. The Kier molecular flexibility index (Phi) is 14.0. The van der Waals surface area contributed by atoms with Crippen LogP contribution in [0.25, 0.3) is 11.1 Å². The molecule has 0 fully saturated rings. The van der Waals surface area contributed by atoms with E-state index in [-0.39, 0.29) is 37.8 Å². The molecular weight excluding hydrogens is 731 g/mol. The smallest absolute Gasteiger partial charge is 0.220 e. The van der Waals surface area contributed by atoms with Crippen molar-refractivity contribution in [1.82, 2.24) is 20.6 Å². The topological polar surface area (TPSA) is 207 Å². The molecule has 4 rings (SSSR count). The second-order valence-corrected chi connectivity index (χ2v) is 15.1. The first-order valence-corrected chi connectivity index (χ1v) is 19.3. The summed E-state index contributed by atoms with van der Waals surface area (Å²) in [6.45, 7) is 1.24. The highest BCUT2D eigenvalue weighted by Crippen LogP contribution is 2.37. The largest absolute Gasteiger partial charge is 0.481 e. The van der Waals surface area contributed by atoms with E-state index in [1.807, 2.05) is 36.4 Å². The standard InChI is InChI=1S/C32H38Cl2N6O8S2/c1-45-31-21(17-37-13-15-49(35,41)42)9-11-27(39-31)47-19-23-5-3-7-25(29(23)33)26-8-4-6-24(30(26)34)20-48-28-12-10-22(32(40-28)46-2)18-38-14-16-50(36,43)44/h3-12,37-38H,13-20H2,1-2H3,(H2,35,41,42)(H2,36,43,44). The van der Waals surface area contributed by atoms with Crippen LogP contribution in [0.2, 0.25) is 10.0 Å². The van der Waals surface area contributed by atoms with Crippen LogP contribution < -0.4 is 39.9 Å². The summed E-state index contributed by atoms with van der Waals surface area (Å²) < 4.78 is 67.3. The molecule has 0 atom stereocenters. The van der Waals surface area contributed by atoms with Crippen molar-refractivity contribution >= 4 is 43.2 Å². The summed E-state index contributed by atoms with van der Waals surface area (Å²) in [4.78, 5) is 8.82. The van der Waals surface area contributed by atoms with Crippen molar-refractivity contribution in [2.75, 3.05) is 38.8 Å². The van der Waals surface area contributed by atoms with Crippen LogP contribution in [0, 0.1) is 0 Å². The highest BCUT2D eigenvalue weighted by molar-refractivity contribution is 7.89. The van der Waals surface area contributed by atoms with Crippen molar-refractivity contribution in [3.8, 4) is 34.6 Å². The van der Waals surface area contributed by atoms with Gasteiger partial charge in [0, 0.05) is 71.7 Å². The van der Waals surface area contributed by atoms with Crippen molar-refractivity contribution in [2.24, 2.45) is 10.3 Å². The van der Waals surface area contributed by atoms with E-state index >= 15 is 0 Å². The molecule has 14 nitrogen and oxygen atoms in total. The number of halogens is 2. The van der Waals surface area contributed by atoms with Gasteiger partial charge >= 0.3 is 0 Å². The van der Waals surface area contributed by atoms with E-state index in [0.717, 1.165) is 0 Å². The Morgan fingerprint density at radius 1 is 0.620 bits per heavy atom. The van der Waals surface area contributed by atoms with Crippen molar-refractivity contribution in [3.05, 3.63) is 93.0 Å². The van der Waals surface area contributed by atoms with Crippen LogP contribution in [0.4, 0.5) is 0 Å². The number of rotatable bonds is 19. The first-order valence-electron chi connectivity index (χ1n) is 15.1. The van der Waals surface area contributed by atoms with Crippen LogP contribution in [0.1, 0.15) is 22.3 Å². The predicted molar refractivity (Wildman–Crippen MR) is 192 cm³/mol. The summed E-state index contributed by atoms with van der Waals surface area (Å²) in [5.41, 5.74) is 4.23. The third-order valence-electron chi connectivity index (χ3n) is 7.17. The van der Waals surface area contributed by atoms with Gasteiger partial charge in [0.25, 0.3) is 0 Å². The average molecular weight is 770 g/mol. The number of hydrogen-bond acceptors (Lipinski definition) is 12. The molecule has 270 valence electrons. The number of nitrogens with one attached hydrogen (secondary N) is 2. The fraction of sp³-hybridized carbons (Fsp3) is 0.312. The molecular formula is C32H38Cl2N6O8S2. The van der Waals surface area contributed by atoms with Gasteiger partial charge < -0.3 is 29.6 Å². The lowest BCUT2D eigenvalue weighted by atomic mass is 10.0. The molecule has 0 amide bonds. The maximum atomic E-state index is 11.1. The molecule has 0 saturated carbocycles. The molecule has 2 aromatic carbocycles. The predicted octanol–water partition coefficient (Wildman–Crippen LogP) is 3.38. The van der Waals surface area contributed by atoms with E-state index in [4.69, 9.17) is 52.4 Å². The van der Waals surface area contributed by atoms with Gasteiger partial charge in [0.1, 0.15) is 13.2 Å². The highest BCUT2D eigenvalue weighted by atomic mass is 35.5. The molecule has 0 aliphatic heterocycles. The first-order chi connectivity index (χ1) is 23.8. The molecule has 0 saturated heterocycles. The van der Waals surface area contributed by atoms with Gasteiger partial charge in [0.15, 0.2) is 0 Å². The molecule has 2 heterocycles. The van der Waals surface area contributed by atoms with Gasteiger partial charge in [0.2, 0.25) is 43.6 Å². The molecule has 4 aromatic rings. The number of ether oxygens (including phenoxy) is 4. The molecule has 50 heavy (non-hydrogen) atoms. The number of benzene rings is 2. The van der Waals surface area contributed by atoms with Crippen molar-refractivity contribution < 1.29 is 35.8 Å². The second kappa shape index (κ2) is 18.0. The number of primary sulfonamides is 2. The lowest BCUT2D eigenvalue weighted by molar-refractivity contribution is 0.286. The molecule has 2 aromatic heterocycles. The van der Waals surface area contributed by atoms with Crippen molar-refractivity contribution in [3.63, 3.8) is 0 Å². The maximum Gasteiger partial charge on any atom is 0.220 e. The molecule has 0 radical (unpaired) electrons. The number of hydrogen-bond donors (Lipinski definition) is 4. The number of nitrogens with two attached hydrogens (primary N) is 2. The normalized spacial score (nSPS) is 11.7. The molecule has 0 unspecified atom stereocenters. The summed E-state index contributed by atoms with van der Waals surface area (Å²) in [6.07, 6.45) is 0. The molecule has 0 spiro atoms. The van der Waals surface area contributed by atoms with Gasteiger partial charge in [0.05, 0.1) is 35.8 Å². The molecule has 0 aliphatic rings. The van der Waals surface area contributed by atoms with E-state index in [1.54, 1.807) is 24.3 Å². The van der Waals surface area contributed by atoms with Crippen LogP contribution in [-0.4, -0.2) is 65.6 Å². The van der Waals surface area contributed by atoms with Gasteiger partial charge in [-0.05, 0) is 12.1 Å². The Hall–Kier alpha value is -3.74. The van der Waals surface area contributed by atoms with E-state index in [1.165, 1.54) is 14.2 Å². The fourth-order valence-electron chi connectivity index (χ4n) is 4.66. The van der Waals surface area contributed by atoms with Crippen molar-refractivity contribution in [2.45, 2.75) is 26.3 Å². The molecule has 0 bridgehead atoms. The summed E-state index contributed by atoms with van der Waals surface area (Å²) in [5.74, 6) is 0.899. The number of nitrogens with zero attached hydrogens (tertiary/aromatic N) is 2. The first kappa shape index (κ1) is 39.1. The summed E-state index contributed by atoms with van der Waals surface area (Å²) in [6, 6.07) is 18.0. The zero-order chi connectivity index (χ0) is 36.3. The number of sulfonamides is 2. The summed E-state index contributed by atoms with van der Waals surface area (Å²) >= 11 is 13.7. The monoisotopic (exact) mass is 768 g/mol. The van der Waals surface area contributed by atoms with Gasteiger partial charge in [-0.25, -0.2) is 27.1 Å². The number of methoxy groups -OCH3 is 2. The fourth-order valence-corrected chi connectivity index (χ4v) is 6.09. The number of aromatic nitrogens is 2. The Morgan fingerprint density at radius 2 is 1.02 bits per heavy atom. The van der Waals surface area contributed by atoms with E-state index in [0.29, 0.717) is 80.0 Å². The third kappa shape index (κ3) is 11.7. The van der Waals surface area contributed by atoms with Crippen LogP contribution in [0.15, 0.2) is 60.7 Å². The zero-order valence-corrected chi connectivity index (χ0v) is 30.5. The Morgan fingerprint density at radius 3 is 1.38 bits per heavy atom. The SMILES string of the molecule is COc1nc(OCc2cccc(-c3cccc(COc4ccc(CNCCS(N)(=O)=O)c(OC)n4)c3Cl)c2Cl)ccc1CNCCS(N)(=O)=O. The molecule has 18 heteroatoms. The van der Waals surface area contributed by atoms with Gasteiger partial charge in [-0.15, -0.1) is 0 Å². The average Bonchev–Trinajstić information content (AvgIpc) is 3.07. The van der Waals surface area contributed by atoms with Crippen LogP contribution in [0.5, 0.6) is 23.5 Å². The van der Waals surface area contributed by atoms with Crippen LogP contribution >= 0.6 is 23.2 Å². The Bertz CT molecular complexity index is 1860. The maximum absolute atomic E-state index is 11.1. The lowest BCUT2D eigenvalue weighted by Crippen LogP contribution is -2.27. The van der Waals surface area contributed by atoms with E-state index in [2.05, 4.69) is 20.6 Å². The molecule has 6 N–H and O–H groups in total. The second-order valence-electron chi connectivity index (χ2n) is 10.9. The Labute approximate surface area is 301 Å². The van der Waals surface area contributed by atoms with Gasteiger partial charge in [-0.2, -0.15) is 9.97 Å². The minimum atomic E-state index is -3.56. The highest BCUT2D eigenvalue weighted by Gasteiger charge is 2.16. The Balaban J connectivity index is 1.40. The van der Waals surface area contributed by atoms with Crippen LogP contribution in [-0.2, 0) is 46.3 Å². The summed E-state index contributed by atoms with van der Waals surface area (Å²) in [5, 5.41) is 17.0. The van der Waals surface area contributed by atoms with E-state index in [9.17, 15) is 16.8 Å².